The number of ether oxygens (including phenoxy) is 5. The normalized spacial score (nSPS) is 17.8. The van der Waals surface area contributed by atoms with Crippen molar-refractivity contribution >= 4 is 17.4 Å². The van der Waals surface area contributed by atoms with Crippen LogP contribution in [0, 0.1) is 0 Å². The number of rotatable bonds is 10. The predicted molar refractivity (Wildman–Crippen MR) is 168 cm³/mol. The molecule has 5 rings (SSSR count). The van der Waals surface area contributed by atoms with Crippen molar-refractivity contribution in [2.24, 2.45) is 0 Å². The first-order chi connectivity index (χ1) is 21.3. The SMILES string of the molecule is CCOc1ccc([C@@H]2C(C(=O)Nc3ccc(OC)cc3)=C(C)NC3=C2C(=O)C[C@@H](c2ccc(OC)c(OC)c2)C3)cc1OC. The molecule has 0 spiro atoms. The Bertz CT molecular complexity index is 1620. The molecule has 3 aromatic rings. The average Bonchev–Trinajstić information content (AvgIpc) is 3.04. The monoisotopic (exact) mass is 598 g/mol. The van der Waals surface area contributed by atoms with Crippen LogP contribution < -0.4 is 34.3 Å². The van der Waals surface area contributed by atoms with E-state index < -0.39 is 5.92 Å². The second kappa shape index (κ2) is 13.2. The summed E-state index contributed by atoms with van der Waals surface area (Å²) in [6.45, 7) is 4.25. The average molecular weight is 599 g/mol. The lowest BCUT2D eigenvalue weighted by Crippen LogP contribution is -2.37. The molecule has 1 heterocycles. The lowest BCUT2D eigenvalue weighted by atomic mass is 9.71. The van der Waals surface area contributed by atoms with Gasteiger partial charge in [-0.15, -0.1) is 0 Å². The van der Waals surface area contributed by atoms with Crippen molar-refractivity contribution in [3.63, 3.8) is 0 Å². The van der Waals surface area contributed by atoms with E-state index in [1.54, 1.807) is 52.7 Å². The maximum absolute atomic E-state index is 14.1. The zero-order valence-corrected chi connectivity index (χ0v) is 25.9. The van der Waals surface area contributed by atoms with Crippen LogP contribution in [0.3, 0.4) is 0 Å². The number of anilines is 1. The van der Waals surface area contributed by atoms with Crippen LogP contribution in [0.1, 0.15) is 49.7 Å². The van der Waals surface area contributed by atoms with E-state index >= 15 is 0 Å². The van der Waals surface area contributed by atoms with E-state index in [-0.39, 0.29) is 24.0 Å². The molecular formula is C35H38N2O7. The summed E-state index contributed by atoms with van der Waals surface area (Å²) in [5.41, 5.74) is 4.88. The highest BCUT2D eigenvalue weighted by atomic mass is 16.5. The topological polar surface area (TPSA) is 104 Å². The number of amides is 1. The third-order valence-electron chi connectivity index (χ3n) is 8.12. The van der Waals surface area contributed by atoms with Crippen molar-refractivity contribution in [1.29, 1.82) is 0 Å². The molecular weight excluding hydrogens is 560 g/mol. The number of allylic oxidation sites excluding steroid dienone is 3. The molecule has 0 saturated heterocycles. The molecule has 0 unspecified atom stereocenters. The van der Waals surface area contributed by atoms with Gasteiger partial charge in [-0.25, -0.2) is 0 Å². The van der Waals surface area contributed by atoms with Gasteiger partial charge < -0.3 is 34.3 Å². The van der Waals surface area contributed by atoms with E-state index in [9.17, 15) is 9.59 Å². The summed E-state index contributed by atoms with van der Waals surface area (Å²) < 4.78 is 27.6. The molecule has 1 aliphatic carbocycles. The predicted octanol–water partition coefficient (Wildman–Crippen LogP) is 6.12. The summed E-state index contributed by atoms with van der Waals surface area (Å²) in [6.07, 6.45) is 0.874. The Balaban J connectivity index is 1.57. The Morgan fingerprint density at radius 3 is 2.11 bits per heavy atom. The van der Waals surface area contributed by atoms with Gasteiger partial charge in [-0.3, -0.25) is 9.59 Å². The fourth-order valence-corrected chi connectivity index (χ4v) is 6.03. The second-order valence-electron chi connectivity index (χ2n) is 10.7. The number of ketones is 1. The minimum absolute atomic E-state index is 0.0290. The minimum atomic E-state index is -0.618. The Labute approximate surface area is 257 Å². The van der Waals surface area contributed by atoms with Crippen LogP contribution in [0.5, 0.6) is 28.7 Å². The van der Waals surface area contributed by atoms with Gasteiger partial charge in [-0.2, -0.15) is 0 Å². The largest absolute Gasteiger partial charge is 0.497 e. The van der Waals surface area contributed by atoms with Crippen LogP contribution in [0.4, 0.5) is 5.69 Å². The van der Waals surface area contributed by atoms with E-state index in [1.165, 1.54) is 0 Å². The highest BCUT2D eigenvalue weighted by Crippen LogP contribution is 2.47. The number of dihydropyridines is 1. The van der Waals surface area contributed by atoms with Crippen molar-refractivity contribution in [3.8, 4) is 28.7 Å². The molecule has 0 radical (unpaired) electrons. The first-order valence-electron chi connectivity index (χ1n) is 14.5. The van der Waals surface area contributed by atoms with Crippen molar-refractivity contribution in [1.82, 2.24) is 5.32 Å². The lowest BCUT2D eigenvalue weighted by Gasteiger charge is -2.37. The van der Waals surface area contributed by atoms with Gasteiger partial charge in [-0.05, 0) is 85.8 Å². The van der Waals surface area contributed by atoms with Crippen molar-refractivity contribution in [3.05, 3.63) is 94.3 Å². The number of carbonyl (C=O) groups excluding carboxylic acids is 2. The van der Waals surface area contributed by atoms with E-state index in [0.717, 1.165) is 16.8 Å². The van der Waals surface area contributed by atoms with Gasteiger partial charge in [-0.1, -0.05) is 12.1 Å². The molecule has 0 aromatic heterocycles. The molecule has 0 bridgehead atoms. The third-order valence-corrected chi connectivity index (χ3v) is 8.12. The highest BCUT2D eigenvalue weighted by molar-refractivity contribution is 6.10. The molecule has 230 valence electrons. The molecule has 9 heteroatoms. The minimum Gasteiger partial charge on any atom is -0.497 e. The standard InChI is InChI=1S/C35H38N2O7/c1-7-44-29-15-9-22(19-31(29)43-6)33-32(35(39)37-24-10-12-25(40-3)13-11-24)20(2)36-26-16-23(17-27(38)34(26)33)21-8-14-28(41-4)30(18-21)42-5/h8-15,18-19,23,33,36H,7,16-17H2,1-6H3,(H,37,39)/t23-,33+/m0/s1. The molecule has 1 aliphatic heterocycles. The molecule has 3 aromatic carbocycles. The van der Waals surface area contributed by atoms with E-state index in [2.05, 4.69) is 10.6 Å². The van der Waals surface area contributed by atoms with Crippen LogP contribution in [0.15, 0.2) is 83.2 Å². The lowest BCUT2D eigenvalue weighted by molar-refractivity contribution is -0.116. The zero-order chi connectivity index (χ0) is 31.4. The Morgan fingerprint density at radius 2 is 1.45 bits per heavy atom. The molecule has 44 heavy (non-hydrogen) atoms. The molecule has 2 N–H and O–H groups in total. The second-order valence-corrected chi connectivity index (χ2v) is 10.7. The number of benzene rings is 3. The van der Waals surface area contributed by atoms with E-state index in [4.69, 9.17) is 23.7 Å². The van der Waals surface area contributed by atoms with E-state index in [0.29, 0.717) is 64.3 Å². The Hall–Kier alpha value is -4.92. The van der Waals surface area contributed by atoms with Gasteiger partial charge in [0.2, 0.25) is 0 Å². The number of hydrogen-bond acceptors (Lipinski definition) is 8. The summed E-state index contributed by atoms with van der Waals surface area (Å²) in [4.78, 5) is 28.1. The summed E-state index contributed by atoms with van der Waals surface area (Å²) in [5.74, 6) is 2.02. The van der Waals surface area contributed by atoms with Crippen LogP contribution in [0.25, 0.3) is 0 Å². The molecule has 1 amide bonds. The van der Waals surface area contributed by atoms with Gasteiger partial charge in [0.05, 0.1) is 35.0 Å². The van der Waals surface area contributed by atoms with Crippen molar-refractivity contribution in [2.45, 2.75) is 38.5 Å². The smallest absolute Gasteiger partial charge is 0.254 e. The first kappa shape index (κ1) is 30.5. The van der Waals surface area contributed by atoms with E-state index in [1.807, 2.05) is 50.2 Å². The van der Waals surface area contributed by atoms with Gasteiger partial charge in [0.15, 0.2) is 28.8 Å². The number of hydrogen-bond donors (Lipinski definition) is 2. The fraction of sp³-hybridized carbons (Fsp3) is 0.314. The molecule has 2 aliphatic rings. The van der Waals surface area contributed by atoms with Gasteiger partial charge in [0.25, 0.3) is 5.91 Å². The van der Waals surface area contributed by atoms with Crippen molar-refractivity contribution < 1.29 is 33.3 Å². The number of Topliss-reactive ketones (excluding diaryl/α,β-unsaturated/α-hetero) is 1. The third kappa shape index (κ3) is 5.95. The summed E-state index contributed by atoms with van der Waals surface area (Å²) >= 11 is 0. The van der Waals surface area contributed by atoms with Crippen molar-refractivity contribution in [2.75, 3.05) is 40.4 Å². The number of carbonyl (C=O) groups is 2. The van der Waals surface area contributed by atoms with Crippen LogP contribution in [0.2, 0.25) is 0 Å². The summed E-state index contributed by atoms with van der Waals surface area (Å²) in [6, 6.07) is 18.5. The molecule has 0 saturated carbocycles. The maximum Gasteiger partial charge on any atom is 0.254 e. The number of nitrogens with one attached hydrogen (secondary N) is 2. The fourth-order valence-electron chi connectivity index (χ4n) is 6.03. The zero-order valence-electron chi connectivity index (χ0n) is 25.9. The number of methoxy groups -OCH3 is 4. The van der Waals surface area contributed by atoms with Crippen LogP contribution >= 0.6 is 0 Å². The van der Waals surface area contributed by atoms with Gasteiger partial charge in [0, 0.05) is 40.6 Å². The molecule has 9 nitrogen and oxygen atoms in total. The molecule has 2 atom stereocenters. The molecule has 0 fully saturated rings. The summed E-state index contributed by atoms with van der Waals surface area (Å²) in [7, 11) is 6.36. The van der Waals surface area contributed by atoms with Gasteiger partial charge in [0.1, 0.15) is 5.75 Å². The maximum atomic E-state index is 14.1. The van der Waals surface area contributed by atoms with Crippen LogP contribution in [-0.2, 0) is 9.59 Å². The highest BCUT2D eigenvalue weighted by Gasteiger charge is 2.41. The summed E-state index contributed by atoms with van der Waals surface area (Å²) in [5, 5.41) is 6.45. The van der Waals surface area contributed by atoms with Crippen LogP contribution in [-0.4, -0.2) is 46.7 Å². The Morgan fingerprint density at radius 1 is 0.818 bits per heavy atom. The van der Waals surface area contributed by atoms with Gasteiger partial charge >= 0.3 is 0 Å². The quantitative estimate of drug-likeness (QED) is 0.288. The first-order valence-corrected chi connectivity index (χ1v) is 14.5. The Kier molecular flexibility index (Phi) is 9.13.